The molecule has 100 valence electrons. The molecular formula is C14H23N3S. The molecule has 0 aromatic carbocycles. The number of nitrogens with two attached hydrogens (primary N) is 1. The first-order chi connectivity index (χ1) is 8.70. The van der Waals surface area contributed by atoms with Crippen LogP contribution in [-0.2, 0) is 0 Å². The Hall–Kier alpha value is -0.740. The highest BCUT2D eigenvalue weighted by atomic mass is 32.2. The van der Waals surface area contributed by atoms with Crippen molar-refractivity contribution >= 4 is 17.4 Å². The summed E-state index contributed by atoms with van der Waals surface area (Å²) in [4.78, 5) is 6.90. The Balaban J connectivity index is 2.02. The number of rotatable bonds is 3. The van der Waals surface area contributed by atoms with Gasteiger partial charge >= 0.3 is 0 Å². The van der Waals surface area contributed by atoms with Crippen LogP contribution in [0.15, 0.2) is 18.3 Å². The molecule has 0 amide bonds. The Morgan fingerprint density at radius 1 is 1.39 bits per heavy atom. The highest BCUT2D eigenvalue weighted by molar-refractivity contribution is 7.99. The van der Waals surface area contributed by atoms with E-state index in [9.17, 15) is 0 Å². The number of pyridine rings is 1. The van der Waals surface area contributed by atoms with E-state index in [1.807, 2.05) is 24.9 Å². The van der Waals surface area contributed by atoms with E-state index < -0.39 is 0 Å². The highest BCUT2D eigenvalue weighted by Gasteiger charge is 2.16. The van der Waals surface area contributed by atoms with Crippen LogP contribution in [0.2, 0.25) is 0 Å². The van der Waals surface area contributed by atoms with Crippen LogP contribution in [0.4, 0.5) is 5.69 Å². The van der Waals surface area contributed by atoms with E-state index in [1.54, 1.807) is 0 Å². The minimum atomic E-state index is 0.0176. The molecule has 4 heteroatoms. The molecule has 0 saturated carbocycles. The van der Waals surface area contributed by atoms with Crippen LogP contribution in [0.1, 0.15) is 37.9 Å². The van der Waals surface area contributed by atoms with Gasteiger partial charge in [0.1, 0.15) is 0 Å². The Morgan fingerprint density at radius 3 is 2.83 bits per heavy atom. The zero-order valence-electron chi connectivity index (χ0n) is 11.3. The van der Waals surface area contributed by atoms with Gasteiger partial charge in [-0.2, -0.15) is 11.8 Å². The van der Waals surface area contributed by atoms with Crippen LogP contribution in [-0.4, -0.2) is 29.6 Å². The molecule has 0 radical (unpaired) electrons. The fraction of sp³-hybridized carbons (Fsp3) is 0.643. The number of aromatic nitrogens is 1. The van der Waals surface area contributed by atoms with Crippen molar-refractivity contribution in [2.75, 3.05) is 24.2 Å². The molecule has 0 spiro atoms. The van der Waals surface area contributed by atoms with Gasteiger partial charge < -0.3 is 10.6 Å². The second kappa shape index (κ2) is 6.43. The van der Waals surface area contributed by atoms with Crippen LogP contribution in [0, 0.1) is 0 Å². The average molecular weight is 265 g/mol. The summed E-state index contributed by atoms with van der Waals surface area (Å²) in [6.07, 6.45) is 8.08. The van der Waals surface area contributed by atoms with Gasteiger partial charge in [0, 0.05) is 24.4 Å². The van der Waals surface area contributed by atoms with Crippen molar-refractivity contribution in [1.29, 1.82) is 0 Å². The molecule has 0 bridgehead atoms. The number of hydrogen-bond donors (Lipinski definition) is 1. The smallest absolute Gasteiger partial charge is 0.0569 e. The van der Waals surface area contributed by atoms with Gasteiger partial charge in [-0.3, -0.25) is 4.98 Å². The van der Waals surface area contributed by atoms with Crippen molar-refractivity contribution in [3.05, 3.63) is 24.0 Å². The lowest BCUT2D eigenvalue weighted by atomic mass is 10.2. The molecule has 1 saturated heterocycles. The standard InChI is InChI=1S/C14H23N3S/c1-11(15)14-6-5-12(10-16-14)17-8-3-4-13(18-2)7-9-17/h5-6,10-11,13H,3-4,7-9,15H2,1-2H3/t11-,13?/m1/s1. The van der Waals surface area contributed by atoms with Crippen molar-refractivity contribution in [1.82, 2.24) is 4.98 Å². The van der Waals surface area contributed by atoms with Gasteiger partial charge in [-0.1, -0.05) is 0 Å². The number of nitrogens with zero attached hydrogens (tertiary/aromatic N) is 2. The predicted octanol–water partition coefficient (Wildman–Crippen LogP) is 2.82. The first-order valence-corrected chi connectivity index (χ1v) is 7.98. The number of anilines is 1. The molecule has 2 atom stereocenters. The second-order valence-corrected chi connectivity index (χ2v) is 6.14. The summed E-state index contributed by atoms with van der Waals surface area (Å²) in [5, 5.41) is 0.825. The van der Waals surface area contributed by atoms with E-state index in [2.05, 4.69) is 28.3 Å². The van der Waals surface area contributed by atoms with Crippen molar-refractivity contribution in [2.45, 2.75) is 37.5 Å². The predicted molar refractivity (Wildman–Crippen MR) is 80.2 cm³/mol. The number of thioether (sulfide) groups is 1. The van der Waals surface area contributed by atoms with Crippen molar-refractivity contribution in [2.24, 2.45) is 5.73 Å². The van der Waals surface area contributed by atoms with Crippen LogP contribution >= 0.6 is 11.8 Å². The van der Waals surface area contributed by atoms with Gasteiger partial charge in [-0.15, -0.1) is 0 Å². The van der Waals surface area contributed by atoms with Crippen molar-refractivity contribution < 1.29 is 0 Å². The van der Waals surface area contributed by atoms with E-state index in [0.29, 0.717) is 0 Å². The van der Waals surface area contributed by atoms with E-state index in [-0.39, 0.29) is 6.04 Å². The third kappa shape index (κ3) is 3.39. The maximum Gasteiger partial charge on any atom is 0.0569 e. The summed E-state index contributed by atoms with van der Waals surface area (Å²) in [6, 6.07) is 4.23. The molecule has 1 aliphatic heterocycles. The Bertz CT molecular complexity index is 364. The summed E-state index contributed by atoms with van der Waals surface area (Å²) in [6.45, 7) is 4.26. The monoisotopic (exact) mass is 265 g/mol. The third-order valence-electron chi connectivity index (χ3n) is 3.61. The fourth-order valence-electron chi connectivity index (χ4n) is 2.41. The molecule has 1 aliphatic rings. The van der Waals surface area contributed by atoms with E-state index >= 15 is 0 Å². The lowest BCUT2D eigenvalue weighted by Crippen LogP contribution is -2.24. The second-order valence-electron chi connectivity index (χ2n) is 5.01. The van der Waals surface area contributed by atoms with Crippen LogP contribution < -0.4 is 10.6 Å². The largest absolute Gasteiger partial charge is 0.370 e. The zero-order chi connectivity index (χ0) is 13.0. The average Bonchev–Trinajstić information content (AvgIpc) is 2.64. The van der Waals surface area contributed by atoms with Crippen molar-refractivity contribution in [3.8, 4) is 0 Å². The van der Waals surface area contributed by atoms with Gasteiger partial charge in [-0.05, 0) is 44.6 Å². The minimum Gasteiger partial charge on any atom is -0.370 e. The summed E-state index contributed by atoms with van der Waals surface area (Å²) in [5.74, 6) is 0. The van der Waals surface area contributed by atoms with E-state index in [4.69, 9.17) is 5.73 Å². The van der Waals surface area contributed by atoms with Gasteiger partial charge in [-0.25, -0.2) is 0 Å². The van der Waals surface area contributed by atoms with Crippen molar-refractivity contribution in [3.63, 3.8) is 0 Å². The maximum atomic E-state index is 5.82. The molecule has 2 heterocycles. The molecular weight excluding hydrogens is 242 g/mol. The van der Waals surface area contributed by atoms with Gasteiger partial charge in [0.25, 0.3) is 0 Å². The number of hydrogen-bond acceptors (Lipinski definition) is 4. The van der Waals surface area contributed by atoms with E-state index in [0.717, 1.165) is 24.0 Å². The molecule has 0 aliphatic carbocycles. The van der Waals surface area contributed by atoms with E-state index in [1.165, 1.54) is 24.9 Å². The molecule has 18 heavy (non-hydrogen) atoms. The summed E-state index contributed by atoms with van der Waals surface area (Å²) in [7, 11) is 0. The van der Waals surface area contributed by atoms with Crippen LogP contribution in [0.25, 0.3) is 0 Å². The normalized spacial score (nSPS) is 22.6. The lowest BCUT2D eigenvalue weighted by Gasteiger charge is -2.22. The molecule has 2 rings (SSSR count). The Morgan fingerprint density at radius 2 is 2.22 bits per heavy atom. The zero-order valence-corrected chi connectivity index (χ0v) is 12.1. The van der Waals surface area contributed by atoms with Gasteiger partial charge in [0.15, 0.2) is 0 Å². The molecule has 1 unspecified atom stereocenters. The molecule has 3 nitrogen and oxygen atoms in total. The summed E-state index contributed by atoms with van der Waals surface area (Å²) in [5.41, 5.74) is 8.03. The first-order valence-electron chi connectivity index (χ1n) is 6.70. The highest BCUT2D eigenvalue weighted by Crippen LogP contribution is 2.24. The molecule has 1 aromatic heterocycles. The SMILES string of the molecule is CSC1CCCN(c2ccc([C@@H](C)N)nc2)CC1. The fourth-order valence-corrected chi connectivity index (χ4v) is 3.16. The topological polar surface area (TPSA) is 42.1 Å². The van der Waals surface area contributed by atoms with Gasteiger partial charge in [0.2, 0.25) is 0 Å². The summed E-state index contributed by atoms with van der Waals surface area (Å²) < 4.78 is 0. The minimum absolute atomic E-state index is 0.0176. The third-order valence-corrected chi connectivity index (χ3v) is 4.75. The Kier molecular flexibility index (Phi) is 4.89. The van der Waals surface area contributed by atoms with Crippen LogP contribution in [0.5, 0.6) is 0 Å². The van der Waals surface area contributed by atoms with Gasteiger partial charge in [0.05, 0.1) is 17.6 Å². The molecule has 1 aromatic rings. The Labute approximate surface area is 114 Å². The summed E-state index contributed by atoms with van der Waals surface area (Å²) >= 11 is 2.00. The lowest BCUT2D eigenvalue weighted by molar-refractivity contribution is 0.745. The molecule has 2 N–H and O–H groups in total. The maximum absolute atomic E-state index is 5.82. The molecule has 1 fully saturated rings. The quantitative estimate of drug-likeness (QED) is 0.912. The first kappa shape index (κ1) is 13.7. The van der Waals surface area contributed by atoms with Crippen LogP contribution in [0.3, 0.4) is 0 Å².